The number of carbonyl (C=O) groups excluding carboxylic acids is 1. The van der Waals surface area contributed by atoms with Crippen LogP contribution in [-0.2, 0) is 4.79 Å². The number of carbonyl (C=O) groups is 1. The summed E-state index contributed by atoms with van der Waals surface area (Å²) < 4.78 is 0. The molecule has 23 heavy (non-hydrogen) atoms. The molecule has 0 heterocycles. The number of amides is 1. The molecule has 1 amide bonds. The van der Waals surface area contributed by atoms with E-state index < -0.39 is 10.8 Å². The van der Waals surface area contributed by atoms with Crippen molar-refractivity contribution >= 4 is 23.4 Å². The lowest BCUT2D eigenvalue weighted by Crippen LogP contribution is -2.13. The van der Waals surface area contributed by atoms with Gasteiger partial charge in [-0.05, 0) is 30.7 Å². The summed E-state index contributed by atoms with van der Waals surface area (Å²) in [5, 5.41) is 22.3. The zero-order valence-electron chi connectivity index (χ0n) is 12.3. The molecule has 2 aromatic rings. The molecule has 114 valence electrons. The van der Waals surface area contributed by atoms with Crippen LogP contribution >= 0.6 is 0 Å². The van der Waals surface area contributed by atoms with E-state index in [0.717, 1.165) is 11.1 Å². The van der Waals surface area contributed by atoms with Crippen molar-refractivity contribution in [3.63, 3.8) is 0 Å². The summed E-state index contributed by atoms with van der Waals surface area (Å²) in [5.41, 5.74) is 2.08. The number of rotatable bonds is 4. The SMILES string of the molecule is Cc1ccc(/C=C(\C#N)C(=O)Nc2ccc([N+](=O)[O-])cc2)cc1. The molecule has 0 atom stereocenters. The Hall–Kier alpha value is -3.46. The molecule has 6 heteroatoms. The molecule has 0 saturated carbocycles. The zero-order valence-corrected chi connectivity index (χ0v) is 12.3. The van der Waals surface area contributed by atoms with Gasteiger partial charge in [0.2, 0.25) is 0 Å². The van der Waals surface area contributed by atoms with Gasteiger partial charge in [-0.25, -0.2) is 0 Å². The van der Waals surface area contributed by atoms with Crippen LogP contribution in [0.5, 0.6) is 0 Å². The summed E-state index contributed by atoms with van der Waals surface area (Å²) >= 11 is 0. The molecule has 0 radical (unpaired) electrons. The monoisotopic (exact) mass is 307 g/mol. The Morgan fingerprint density at radius 1 is 1.17 bits per heavy atom. The van der Waals surface area contributed by atoms with Crippen LogP contribution in [0.15, 0.2) is 54.1 Å². The number of nitro benzene ring substituents is 1. The van der Waals surface area contributed by atoms with E-state index in [1.807, 2.05) is 37.3 Å². The minimum absolute atomic E-state index is 0.0489. The van der Waals surface area contributed by atoms with Crippen molar-refractivity contribution in [1.29, 1.82) is 5.26 Å². The number of nitrogens with one attached hydrogen (secondary N) is 1. The van der Waals surface area contributed by atoms with E-state index in [9.17, 15) is 14.9 Å². The summed E-state index contributed by atoms with van der Waals surface area (Å²) in [7, 11) is 0. The Morgan fingerprint density at radius 3 is 2.30 bits per heavy atom. The van der Waals surface area contributed by atoms with Gasteiger partial charge in [0.1, 0.15) is 11.6 Å². The smallest absolute Gasteiger partial charge is 0.269 e. The van der Waals surface area contributed by atoms with Crippen LogP contribution in [0.1, 0.15) is 11.1 Å². The molecular weight excluding hydrogens is 294 g/mol. The Balaban J connectivity index is 2.15. The standard InChI is InChI=1S/C17H13N3O3/c1-12-2-4-13(5-3-12)10-14(11-18)17(21)19-15-6-8-16(9-7-15)20(22)23/h2-10H,1H3,(H,19,21)/b14-10+. The second-order valence-electron chi connectivity index (χ2n) is 4.84. The maximum absolute atomic E-state index is 12.1. The third-order valence-electron chi connectivity index (χ3n) is 3.09. The first-order valence-electron chi connectivity index (χ1n) is 6.74. The number of aryl methyl sites for hydroxylation is 1. The van der Waals surface area contributed by atoms with Gasteiger partial charge in [0, 0.05) is 17.8 Å². The molecule has 0 saturated heterocycles. The lowest BCUT2D eigenvalue weighted by molar-refractivity contribution is -0.384. The minimum Gasteiger partial charge on any atom is -0.321 e. The molecule has 0 unspecified atom stereocenters. The zero-order chi connectivity index (χ0) is 16.8. The van der Waals surface area contributed by atoms with Crippen LogP contribution in [0.25, 0.3) is 6.08 Å². The molecule has 6 nitrogen and oxygen atoms in total. The highest BCUT2D eigenvalue weighted by Gasteiger charge is 2.11. The molecule has 0 aromatic heterocycles. The van der Waals surface area contributed by atoms with Crippen molar-refractivity contribution in [2.75, 3.05) is 5.32 Å². The highest BCUT2D eigenvalue weighted by Crippen LogP contribution is 2.16. The van der Waals surface area contributed by atoms with Gasteiger partial charge >= 0.3 is 0 Å². The molecule has 0 spiro atoms. The maximum Gasteiger partial charge on any atom is 0.269 e. The molecule has 0 aliphatic heterocycles. The van der Waals surface area contributed by atoms with Crippen LogP contribution in [0.3, 0.4) is 0 Å². The number of nitrogens with zero attached hydrogens (tertiary/aromatic N) is 2. The topological polar surface area (TPSA) is 96.0 Å². The van der Waals surface area contributed by atoms with Crippen molar-refractivity contribution in [2.45, 2.75) is 6.92 Å². The maximum atomic E-state index is 12.1. The third-order valence-corrected chi connectivity index (χ3v) is 3.09. The molecule has 0 fully saturated rings. The van der Waals surface area contributed by atoms with E-state index >= 15 is 0 Å². The largest absolute Gasteiger partial charge is 0.321 e. The lowest BCUT2D eigenvalue weighted by atomic mass is 10.1. The minimum atomic E-state index is -0.568. The highest BCUT2D eigenvalue weighted by atomic mass is 16.6. The van der Waals surface area contributed by atoms with Gasteiger partial charge in [-0.15, -0.1) is 0 Å². The van der Waals surface area contributed by atoms with Crippen molar-refractivity contribution < 1.29 is 9.72 Å². The fourth-order valence-electron chi connectivity index (χ4n) is 1.84. The molecule has 0 aliphatic carbocycles. The van der Waals surface area contributed by atoms with Crippen molar-refractivity contribution in [2.24, 2.45) is 0 Å². The van der Waals surface area contributed by atoms with E-state index in [4.69, 9.17) is 5.26 Å². The van der Waals surface area contributed by atoms with Crippen LogP contribution in [-0.4, -0.2) is 10.8 Å². The quantitative estimate of drug-likeness (QED) is 0.405. The van der Waals surface area contributed by atoms with Gasteiger partial charge in [0.15, 0.2) is 0 Å². The Kier molecular flexibility index (Phi) is 4.85. The van der Waals surface area contributed by atoms with Gasteiger partial charge in [-0.2, -0.15) is 5.26 Å². The van der Waals surface area contributed by atoms with Gasteiger partial charge in [0.05, 0.1) is 4.92 Å². The number of nitriles is 1. The van der Waals surface area contributed by atoms with E-state index in [0.29, 0.717) is 5.69 Å². The summed E-state index contributed by atoms with van der Waals surface area (Å²) in [6.07, 6.45) is 1.49. The first-order chi connectivity index (χ1) is 11.0. The van der Waals surface area contributed by atoms with Crippen molar-refractivity contribution in [3.05, 3.63) is 75.3 Å². The molecule has 1 N–H and O–H groups in total. The van der Waals surface area contributed by atoms with Crippen LogP contribution in [0, 0.1) is 28.4 Å². The number of anilines is 1. The van der Waals surface area contributed by atoms with Gasteiger partial charge < -0.3 is 5.32 Å². The van der Waals surface area contributed by atoms with E-state index in [-0.39, 0.29) is 11.3 Å². The number of benzene rings is 2. The molecule has 0 bridgehead atoms. The predicted octanol–water partition coefficient (Wildman–Crippen LogP) is 3.45. The van der Waals surface area contributed by atoms with E-state index in [1.54, 1.807) is 0 Å². The van der Waals surface area contributed by atoms with Gasteiger partial charge in [0.25, 0.3) is 11.6 Å². The predicted molar refractivity (Wildman–Crippen MR) is 86.5 cm³/mol. The molecule has 0 aliphatic rings. The van der Waals surface area contributed by atoms with Crippen molar-refractivity contribution in [1.82, 2.24) is 0 Å². The highest BCUT2D eigenvalue weighted by molar-refractivity contribution is 6.09. The third kappa shape index (κ3) is 4.25. The fourth-order valence-corrected chi connectivity index (χ4v) is 1.84. The second-order valence-corrected chi connectivity index (χ2v) is 4.84. The normalized spacial score (nSPS) is 10.7. The molecule has 2 rings (SSSR count). The number of hydrogen-bond donors (Lipinski definition) is 1. The Bertz CT molecular complexity index is 800. The first-order valence-corrected chi connectivity index (χ1v) is 6.74. The summed E-state index contributed by atoms with van der Waals surface area (Å²) in [4.78, 5) is 22.2. The second kappa shape index (κ2) is 7.00. The Morgan fingerprint density at radius 2 is 1.78 bits per heavy atom. The summed E-state index contributed by atoms with van der Waals surface area (Å²) in [5.74, 6) is -0.568. The Labute approximate surface area is 132 Å². The average molecular weight is 307 g/mol. The number of hydrogen-bond acceptors (Lipinski definition) is 4. The van der Waals surface area contributed by atoms with E-state index in [2.05, 4.69) is 5.32 Å². The van der Waals surface area contributed by atoms with Crippen molar-refractivity contribution in [3.8, 4) is 6.07 Å². The first kappa shape index (κ1) is 15.9. The fraction of sp³-hybridized carbons (Fsp3) is 0.0588. The van der Waals surface area contributed by atoms with Crippen LogP contribution < -0.4 is 5.32 Å². The van der Waals surface area contributed by atoms with E-state index in [1.165, 1.54) is 30.3 Å². The number of non-ortho nitro benzene ring substituents is 1. The molecular formula is C17H13N3O3. The van der Waals surface area contributed by atoms with Crippen LogP contribution in [0.4, 0.5) is 11.4 Å². The summed E-state index contributed by atoms with van der Waals surface area (Å²) in [6, 6.07) is 14.6. The molecule has 2 aromatic carbocycles. The van der Waals surface area contributed by atoms with Crippen LogP contribution in [0.2, 0.25) is 0 Å². The van der Waals surface area contributed by atoms with Gasteiger partial charge in [-0.1, -0.05) is 29.8 Å². The lowest BCUT2D eigenvalue weighted by Gasteiger charge is -2.04. The van der Waals surface area contributed by atoms with Gasteiger partial charge in [-0.3, -0.25) is 14.9 Å². The number of nitro groups is 1. The average Bonchev–Trinajstić information content (AvgIpc) is 2.54. The summed E-state index contributed by atoms with van der Waals surface area (Å²) in [6.45, 7) is 1.94.